The van der Waals surface area contributed by atoms with Crippen LogP contribution >= 0.6 is 0 Å². The molecule has 0 radical (unpaired) electrons. The number of rotatable bonds is 9. The van der Waals surface area contributed by atoms with E-state index in [0.717, 1.165) is 11.1 Å². The third kappa shape index (κ3) is 4.22. The molecule has 6 heteroatoms. The van der Waals surface area contributed by atoms with E-state index in [0.29, 0.717) is 35.0 Å². The van der Waals surface area contributed by atoms with Crippen LogP contribution in [0.15, 0.2) is 53.8 Å². The lowest BCUT2D eigenvalue weighted by Gasteiger charge is -2.35. The number of allylic oxidation sites excluding steroid dienone is 3. The van der Waals surface area contributed by atoms with Gasteiger partial charge >= 0.3 is 0 Å². The van der Waals surface area contributed by atoms with Crippen LogP contribution < -0.4 is 14.2 Å². The van der Waals surface area contributed by atoms with Gasteiger partial charge < -0.3 is 23.7 Å². The fourth-order valence-electron chi connectivity index (χ4n) is 3.40. The molecule has 1 aliphatic rings. The van der Waals surface area contributed by atoms with Gasteiger partial charge in [0.25, 0.3) is 0 Å². The van der Waals surface area contributed by atoms with Gasteiger partial charge in [-0.25, -0.2) is 0 Å². The van der Waals surface area contributed by atoms with Gasteiger partial charge in [-0.15, -0.1) is 6.58 Å². The Morgan fingerprint density at radius 2 is 1.66 bits per heavy atom. The average molecular weight is 400 g/mol. The summed E-state index contributed by atoms with van der Waals surface area (Å²) in [5, 5.41) is 0. The van der Waals surface area contributed by atoms with Crippen LogP contribution in [0.5, 0.6) is 17.2 Å². The van der Waals surface area contributed by atoms with Crippen LogP contribution in [0.3, 0.4) is 0 Å². The lowest BCUT2D eigenvalue weighted by Crippen LogP contribution is -2.37. The molecule has 0 saturated heterocycles. The van der Waals surface area contributed by atoms with Crippen molar-refractivity contribution in [2.45, 2.75) is 18.9 Å². The number of carbonyl (C=O) groups is 1. The van der Waals surface area contributed by atoms with E-state index in [9.17, 15) is 4.79 Å². The zero-order chi connectivity index (χ0) is 21.6. The highest BCUT2D eigenvalue weighted by atomic mass is 16.5. The fraction of sp³-hybridized carbons (Fsp3) is 0.348. The number of methoxy groups -OCH3 is 5. The number of benzene rings is 1. The van der Waals surface area contributed by atoms with Gasteiger partial charge in [-0.2, -0.15) is 0 Å². The summed E-state index contributed by atoms with van der Waals surface area (Å²) in [6, 6.07) is 3.68. The second kappa shape index (κ2) is 9.47. The molecule has 6 nitrogen and oxygen atoms in total. The smallest absolute Gasteiger partial charge is 0.203 e. The van der Waals surface area contributed by atoms with Gasteiger partial charge in [0.1, 0.15) is 5.76 Å². The van der Waals surface area contributed by atoms with Gasteiger partial charge in [0, 0.05) is 18.8 Å². The molecule has 0 fully saturated rings. The molecule has 1 aromatic rings. The zero-order valence-electron chi connectivity index (χ0n) is 17.8. The molecular formula is C23H28O6. The third-order valence-electron chi connectivity index (χ3n) is 4.88. The lowest BCUT2D eigenvalue weighted by atomic mass is 9.82. The van der Waals surface area contributed by atoms with Crippen molar-refractivity contribution in [1.29, 1.82) is 0 Å². The summed E-state index contributed by atoms with van der Waals surface area (Å²) < 4.78 is 27.7. The van der Waals surface area contributed by atoms with Gasteiger partial charge in [0.15, 0.2) is 22.9 Å². The van der Waals surface area contributed by atoms with Gasteiger partial charge in [-0.05, 0) is 42.7 Å². The standard InChI is InChI=1S/C23H28O6/c1-8-9-17-14-23(29-7,21(27-5)13-18(17)24)15(2)10-16-11-19(25-3)22(28-6)20(12-16)26-4/h8,10-14H,1,9H2,2-7H3. The van der Waals surface area contributed by atoms with E-state index in [1.807, 2.05) is 25.1 Å². The zero-order valence-corrected chi connectivity index (χ0v) is 17.8. The number of carbonyl (C=O) groups excluding carboxylic acids is 1. The largest absolute Gasteiger partial charge is 0.497 e. The molecule has 0 bridgehead atoms. The highest BCUT2D eigenvalue weighted by molar-refractivity contribution is 6.06. The first kappa shape index (κ1) is 22.3. The van der Waals surface area contributed by atoms with Gasteiger partial charge in [0.05, 0.1) is 28.4 Å². The molecule has 0 N–H and O–H groups in total. The first-order valence-electron chi connectivity index (χ1n) is 9.07. The highest BCUT2D eigenvalue weighted by Gasteiger charge is 2.40. The number of ether oxygens (including phenoxy) is 5. The molecule has 0 amide bonds. The van der Waals surface area contributed by atoms with E-state index >= 15 is 0 Å². The van der Waals surface area contributed by atoms with Crippen molar-refractivity contribution >= 4 is 11.9 Å². The third-order valence-corrected chi connectivity index (χ3v) is 4.88. The minimum atomic E-state index is -1.01. The van der Waals surface area contributed by atoms with E-state index in [-0.39, 0.29) is 5.78 Å². The van der Waals surface area contributed by atoms with Crippen LogP contribution in [0, 0.1) is 0 Å². The average Bonchev–Trinajstić information content (AvgIpc) is 2.73. The Hall–Kier alpha value is -2.99. The molecule has 1 aliphatic carbocycles. The van der Waals surface area contributed by atoms with Crippen molar-refractivity contribution in [1.82, 2.24) is 0 Å². The summed E-state index contributed by atoms with van der Waals surface area (Å²) in [5.74, 6) is 1.90. The second-order valence-electron chi connectivity index (χ2n) is 6.47. The maximum Gasteiger partial charge on any atom is 0.203 e. The van der Waals surface area contributed by atoms with E-state index < -0.39 is 5.60 Å². The fourth-order valence-corrected chi connectivity index (χ4v) is 3.40. The molecule has 0 heterocycles. The Labute approximate surface area is 172 Å². The van der Waals surface area contributed by atoms with E-state index in [1.165, 1.54) is 13.2 Å². The van der Waals surface area contributed by atoms with Crippen LogP contribution in [0.1, 0.15) is 18.9 Å². The van der Waals surface area contributed by atoms with Crippen LogP contribution in [0.4, 0.5) is 0 Å². The predicted octanol–water partition coefficient (Wildman–Crippen LogP) is 4.12. The predicted molar refractivity (Wildman–Crippen MR) is 112 cm³/mol. The minimum Gasteiger partial charge on any atom is -0.497 e. The number of hydrogen-bond donors (Lipinski definition) is 0. The Morgan fingerprint density at radius 1 is 1.03 bits per heavy atom. The van der Waals surface area contributed by atoms with Gasteiger partial charge in [-0.1, -0.05) is 12.2 Å². The topological polar surface area (TPSA) is 63.2 Å². The molecule has 2 rings (SSSR count). The first-order valence-corrected chi connectivity index (χ1v) is 9.07. The Morgan fingerprint density at radius 3 is 2.10 bits per heavy atom. The molecule has 29 heavy (non-hydrogen) atoms. The number of hydrogen-bond acceptors (Lipinski definition) is 6. The summed E-state index contributed by atoms with van der Waals surface area (Å²) in [5.41, 5.74) is 1.22. The van der Waals surface area contributed by atoms with Crippen molar-refractivity contribution in [3.8, 4) is 17.2 Å². The Kier molecular flexibility index (Phi) is 7.29. The van der Waals surface area contributed by atoms with E-state index in [2.05, 4.69) is 6.58 Å². The van der Waals surface area contributed by atoms with Crippen LogP contribution in [-0.4, -0.2) is 46.9 Å². The van der Waals surface area contributed by atoms with Crippen LogP contribution in [0.25, 0.3) is 6.08 Å². The quantitative estimate of drug-likeness (QED) is 0.581. The first-order chi connectivity index (χ1) is 13.9. The van der Waals surface area contributed by atoms with Gasteiger partial charge in [-0.3, -0.25) is 4.79 Å². The summed E-state index contributed by atoms with van der Waals surface area (Å²) >= 11 is 0. The van der Waals surface area contributed by atoms with Crippen molar-refractivity contribution in [2.75, 3.05) is 35.5 Å². The van der Waals surface area contributed by atoms with E-state index in [1.54, 1.807) is 40.6 Å². The monoisotopic (exact) mass is 400 g/mol. The molecule has 1 unspecified atom stereocenters. The lowest BCUT2D eigenvalue weighted by molar-refractivity contribution is -0.112. The molecule has 0 aromatic heterocycles. The summed E-state index contributed by atoms with van der Waals surface area (Å²) in [6.45, 7) is 5.64. The molecule has 0 spiro atoms. The summed E-state index contributed by atoms with van der Waals surface area (Å²) in [4.78, 5) is 12.4. The molecule has 156 valence electrons. The SMILES string of the molecule is C=CCC1=CC(OC)(C(C)=Cc2cc(OC)c(OC)c(OC)c2)C(OC)=CC1=O. The van der Waals surface area contributed by atoms with E-state index in [4.69, 9.17) is 23.7 Å². The molecular weight excluding hydrogens is 372 g/mol. The van der Waals surface area contributed by atoms with Gasteiger partial charge in [0.2, 0.25) is 5.75 Å². The highest BCUT2D eigenvalue weighted by Crippen LogP contribution is 2.41. The van der Waals surface area contributed by atoms with Crippen molar-refractivity contribution in [2.24, 2.45) is 0 Å². The van der Waals surface area contributed by atoms with Crippen molar-refractivity contribution in [3.05, 3.63) is 59.4 Å². The second-order valence-corrected chi connectivity index (χ2v) is 6.47. The Bertz CT molecular complexity index is 852. The maximum absolute atomic E-state index is 12.4. The normalized spacial score (nSPS) is 19.2. The summed E-state index contributed by atoms with van der Waals surface area (Å²) in [7, 11) is 7.79. The number of ketones is 1. The molecule has 1 aromatic carbocycles. The Balaban J connectivity index is 2.64. The maximum atomic E-state index is 12.4. The van der Waals surface area contributed by atoms with Crippen LogP contribution in [0.2, 0.25) is 0 Å². The minimum absolute atomic E-state index is 0.116. The molecule has 1 atom stereocenters. The van der Waals surface area contributed by atoms with Crippen molar-refractivity contribution < 1.29 is 28.5 Å². The van der Waals surface area contributed by atoms with Crippen molar-refractivity contribution in [3.63, 3.8) is 0 Å². The molecule has 0 saturated carbocycles. The molecule has 0 aliphatic heterocycles. The summed E-state index contributed by atoms with van der Waals surface area (Å²) in [6.07, 6.45) is 7.32. The van der Waals surface area contributed by atoms with Crippen LogP contribution in [-0.2, 0) is 14.3 Å².